The van der Waals surface area contributed by atoms with E-state index in [2.05, 4.69) is 44.0 Å². The number of hydrogen-bond acceptors (Lipinski definition) is 3. The van der Waals surface area contributed by atoms with Crippen LogP contribution in [0.5, 0.6) is 0 Å². The molecule has 257 valence electrons. The largest absolute Gasteiger partial charge is 0.512 e. The van der Waals surface area contributed by atoms with Gasteiger partial charge in [-0.25, -0.2) is 8.78 Å². The van der Waals surface area contributed by atoms with Crippen molar-refractivity contribution in [2.75, 3.05) is 0 Å². The molecule has 0 saturated heterocycles. The minimum Gasteiger partial charge on any atom is -0.512 e. The summed E-state index contributed by atoms with van der Waals surface area (Å²) in [5.74, 6) is -0.329. The second kappa shape index (κ2) is 16.6. The summed E-state index contributed by atoms with van der Waals surface area (Å²) < 4.78 is 30.4. The van der Waals surface area contributed by atoms with Gasteiger partial charge in [-0.2, -0.15) is 0 Å². The first-order valence-corrected chi connectivity index (χ1v) is 20.2. The average Bonchev–Trinajstić information content (AvgIpc) is 2.97. The molecule has 0 spiro atoms. The Balaban J connectivity index is 0.000000410. The third-order valence-electron chi connectivity index (χ3n) is 8.91. The predicted molar refractivity (Wildman–Crippen MR) is 194 cm³/mol. The molecule has 0 saturated carbocycles. The number of pyridine rings is 1. The van der Waals surface area contributed by atoms with Crippen LogP contribution < -0.4 is 5.19 Å². The summed E-state index contributed by atoms with van der Waals surface area (Å²) in [5.41, 5.74) is 3.91. The van der Waals surface area contributed by atoms with Gasteiger partial charge in [-0.15, -0.1) is 34.9 Å². The van der Waals surface area contributed by atoms with Crippen molar-refractivity contribution in [3.05, 3.63) is 83.3 Å². The van der Waals surface area contributed by atoms with E-state index < -0.39 is 19.7 Å². The van der Waals surface area contributed by atoms with Gasteiger partial charge < -0.3 is 10.1 Å². The fourth-order valence-corrected chi connectivity index (χ4v) is 7.60. The topological polar surface area (TPSA) is 50.2 Å². The van der Waals surface area contributed by atoms with Gasteiger partial charge in [-0.05, 0) is 65.1 Å². The second-order valence-electron chi connectivity index (χ2n) is 14.4. The van der Waals surface area contributed by atoms with Crippen molar-refractivity contribution in [3.63, 3.8) is 0 Å². The van der Waals surface area contributed by atoms with Crippen LogP contribution in [0.15, 0.2) is 54.4 Å². The summed E-state index contributed by atoms with van der Waals surface area (Å²) in [5, 5.41) is 12.7. The van der Waals surface area contributed by atoms with Gasteiger partial charge in [-0.1, -0.05) is 87.2 Å². The molecule has 0 atom stereocenters. The predicted octanol–water partition coefficient (Wildman–Crippen LogP) is 11.2. The van der Waals surface area contributed by atoms with Crippen LogP contribution in [0.2, 0.25) is 19.6 Å². The number of aryl methyl sites for hydroxylation is 1. The summed E-state index contributed by atoms with van der Waals surface area (Å²) in [4.78, 5) is 16.4. The molecule has 7 heteroatoms. The number of ketones is 1. The number of carbonyl (C=O) groups excluding carboxylic acids is 1. The molecule has 0 unspecified atom stereocenters. The van der Waals surface area contributed by atoms with Crippen LogP contribution in [0.4, 0.5) is 8.78 Å². The standard InChI is InChI=1S/C27H28F2NSi.C13H24O2.Ir/c1-16-12-17(14-18(13-16)27(2,3)4)25-21-9-8-20-22(19(21)10-11-30-25)15-23(28)26(24(20)29)31(5,6)7;1-5-10(6-2)12(14)9-13(15)11(7-3)8-4;/h8-11,13-15H,1-7H3;9-11,14H,5-8H2,1-4H3;/q-1;;. The number of aliphatic hydroxyl groups is 1. The number of benzene rings is 3. The Labute approximate surface area is 295 Å². The molecule has 47 heavy (non-hydrogen) atoms. The maximum atomic E-state index is 15.4. The van der Waals surface area contributed by atoms with Crippen LogP contribution in [0.25, 0.3) is 32.8 Å². The number of aromatic nitrogens is 1. The maximum absolute atomic E-state index is 15.4. The van der Waals surface area contributed by atoms with Crippen LogP contribution in [0, 0.1) is 36.5 Å². The summed E-state index contributed by atoms with van der Waals surface area (Å²) in [6, 6.07) is 14.7. The van der Waals surface area contributed by atoms with E-state index in [4.69, 9.17) is 0 Å². The first-order chi connectivity index (χ1) is 21.5. The van der Waals surface area contributed by atoms with Crippen molar-refractivity contribution in [2.24, 2.45) is 11.8 Å². The molecule has 3 nitrogen and oxygen atoms in total. The normalized spacial score (nSPS) is 12.4. The molecular weight excluding hydrogens is 785 g/mol. The maximum Gasteiger partial charge on any atom is 0.162 e. The van der Waals surface area contributed by atoms with E-state index in [-0.39, 0.29) is 54.1 Å². The molecule has 0 aliphatic carbocycles. The number of rotatable bonds is 9. The first kappa shape index (κ1) is 40.4. The van der Waals surface area contributed by atoms with Crippen molar-refractivity contribution < 1.29 is 38.8 Å². The summed E-state index contributed by atoms with van der Waals surface area (Å²) in [7, 11) is -2.17. The number of allylic oxidation sites excluding steroid dienone is 2. The van der Waals surface area contributed by atoms with E-state index >= 15 is 8.78 Å². The Morgan fingerprint density at radius 2 is 1.47 bits per heavy atom. The summed E-state index contributed by atoms with van der Waals surface area (Å²) in [6.45, 7) is 22.5. The van der Waals surface area contributed by atoms with Gasteiger partial charge in [0.1, 0.15) is 11.6 Å². The molecule has 1 heterocycles. The number of hydrogen-bond donors (Lipinski definition) is 1. The van der Waals surface area contributed by atoms with Crippen molar-refractivity contribution in [1.29, 1.82) is 0 Å². The van der Waals surface area contributed by atoms with Crippen molar-refractivity contribution in [2.45, 2.75) is 106 Å². The van der Waals surface area contributed by atoms with Gasteiger partial charge in [0.05, 0.1) is 13.8 Å². The number of aliphatic hydroxyl groups excluding tert-OH is 1. The van der Waals surface area contributed by atoms with Crippen molar-refractivity contribution in [1.82, 2.24) is 4.98 Å². The van der Waals surface area contributed by atoms with Crippen LogP contribution in [0.3, 0.4) is 0 Å². The van der Waals surface area contributed by atoms with Gasteiger partial charge in [0, 0.05) is 54.8 Å². The quantitative estimate of drug-likeness (QED) is 0.0601. The average molecular weight is 837 g/mol. The smallest absolute Gasteiger partial charge is 0.162 e. The Kier molecular flexibility index (Phi) is 14.3. The fraction of sp³-hybridized carbons (Fsp3) is 0.450. The molecule has 3 aromatic carbocycles. The number of nitrogens with zero attached hydrogens (tertiary/aromatic N) is 1. The fourth-order valence-electron chi connectivity index (χ4n) is 6.02. The van der Waals surface area contributed by atoms with Gasteiger partial charge in [0.2, 0.25) is 0 Å². The Hall–Kier alpha value is -2.73. The Morgan fingerprint density at radius 1 is 0.894 bits per heavy atom. The van der Waals surface area contributed by atoms with Gasteiger partial charge in [0.25, 0.3) is 0 Å². The van der Waals surface area contributed by atoms with Gasteiger partial charge in [-0.3, -0.25) is 4.79 Å². The monoisotopic (exact) mass is 837 g/mol. The molecule has 1 radical (unpaired) electrons. The van der Waals surface area contributed by atoms with Crippen LogP contribution >= 0.6 is 0 Å². The molecule has 0 amide bonds. The van der Waals surface area contributed by atoms with Gasteiger partial charge in [0.15, 0.2) is 5.78 Å². The second-order valence-corrected chi connectivity index (χ2v) is 19.4. The molecule has 1 aromatic heterocycles. The Morgan fingerprint density at radius 3 is 2.00 bits per heavy atom. The minimum absolute atomic E-state index is 0. The molecule has 0 aliphatic heterocycles. The van der Waals surface area contributed by atoms with E-state index in [0.29, 0.717) is 10.8 Å². The zero-order valence-electron chi connectivity index (χ0n) is 30.0. The Bertz CT molecular complexity index is 1730. The first-order valence-electron chi connectivity index (χ1n) is 16.7. The van der Waals surface area contributed by atoms with Crippen LogP contribution in [-0.2, 0) is 30.3 Å². The molecule has 1 N–H and O–H groups in total. The third kappa shape index (κ3) is 9.46. The number of halogens is 2. The van der Waals surface area contributed by atoms with Crippen molar-refractivity contribution >= 4 is 40.6 Å². The van der Waals surface area contributed by atoms with E-state index in [1.807, 2.05) is 66.4 Å². The zero-order chi connectivity index (χ0) is 34.6. The van der Waals surface area contributed by atoms with E-state index in [1.54, 1.807) is 12.3 Å². The van der Waals surface area contributed by atoms with Gasteiger partial charge >= 0.3 is 0 Å². The molecule has 0 bridgehead atoms. The summed E-state index contributed by atoms with van der Waals surface area (Å²) in [6.07, 6.45) is 6.62. The zero-order valence-corrected chi connectivity index (χ0v) is 33.4. The van der Waals surface area contributed by atoms with E-state index in [9.17, 15) is 9.90 Å². The molecule has 0 fully saturated rings. The SMILES string of the molecule is CCC(CC)C(=O)C=C(O)C(CC)CC.Cc1[c-]c(-c2nccc3c2ccc2c(F)c([Si](C)(C)C)c(F)cc23)cc(C(C)(C)C)c1.[Ir]. The molecule has 4 rings (SSSR count). The molecule has 4 aromatic rings. The molecule has 0 aliphatic rings. The third-order valence-corrected chi connectivity index (χ3v) is 10.9. The minimum atomic E-state index is -2.17. The number of fused-ring (bicyclic) bond motifs is 3. The number of carbonyl (C=O) groups is 1. The van der Waals surface area contributed by atoms with Crippen LogP contribution in [-0.4, -0.2) is 23.9 Å². The van der Waals surface area contributed by atoms with E-state index in [1.165, 1.54) is 17.7 Å². The summed E-state index contributed by atoms with van der Waals surface area (Å²) >= 11 is 0. The van der Waals surface area contributed by atoms with Crippen LogP contribution in [0.1, 0.15) is 85.3 Å². The van der Waals surface area contributed by atoms with E-state index in [0.717, 1.165) is 53.3 Å². The van der Waals surface area contributed by atoms with Crippen molar-refractivity contribution in [3.8, 4) is 11.3 Å². The molecular formula is C40H52F2IrNO2Si-.